The summed E-state index contributed by atoms with van der Waals surface area (Å²) in [5, 5.41) is 3.18. The Kier molecular flexibility index (Phi) is 6.38. The summed E-state index contributed by atoms with van der Waals surface area (Å²) in [6.07, 6.45) is 1.46. The molecule has 5 heteroatoms. The fourth-order valence-corrected chi connectivity index (χ4v) is 4.68. The first kappa shape index (κ1) is 20.6. The lowest BCUT2D eigenvalue weighted by atomic mass is 10.1. The highest BCUT2D eigenvalue weighted by Gasteiger charge is 2.43. The summed E-state index contributed by atoms with van der Waals surface area (Å²) in [5.74, 6) is 0.625. The van der Waals surface area contributed by atoms with Gasteiger partial charge in [0.2, 0.25) is 5.91 Å². The Balaban J connectivity index is 1.33. The molecule has 0 radical (unpaired) electrons. The van der Waals surface area contributed by atoms with Crippen molar-refractivity contribution in [2.45, 2.75) is 51.5 Å². The first-order chi connectivity index (χ1) is 14.0. The average molecular weight is 457 g/mol. The maximum Gasteiger partial charge on any atom is 0.224 e. The predicted molar refractivity (Wildman–Crippen MR) is 119 cm³/mol. The largest absolute Gasteiger partial charge is 0.373 e. The minimum atomic E-state index is 0.101. The van der Waals surface area contributed by atoms with E-state index in [1.165, 1.54) is 16.7 Å². The maximum atomic E-state index is 12.7. The molecule has 154 valence electrons. The molecule has 2 aromatic rings. The summed E-state index contributed by atoms with van der Waals surface area (Å²) in [5.41, 5.74) is 3.74. The van der Waals surface area contributed by atoms with Crippen LogP contribution in [0.2, 0.25) is 0 Å². The van der Waals surface area contributed by atoms with Crippen LogP contribution >= 0.6 is 15.9 Å². The Morgan fingerprint density at radius 2 is 1.72 bits per heavy atom. The van der Waals surface area contributed by atoms with E-state index in [1.807, 2.05) is 12.1 Å². The number of nitrogens with zero attached hydrogens (tertiary/aromatic N) is 1. The fraction of sp³-hybridized carbons (Fsp3) is 0.458. The molecule has 1 heterocycles. The van der Waals surface area contributed by atoms with Gasteiger partial charge in [0.05, 0.1) is 12.2 Å². The number of nitrogens with one attached hydrogen (secondary N) is 1. The van der Waals surface area contributed by atoms with Crippen molar-refractivity contribution < 1.29 is 9.53 Å². The summed E-state index contributed by atoms with van der Waals surface area (Å²) in [6, 6.07) is 16.8. The minimum absolute atomic E-state index is 0.101. The van der Waals surface area contributed by atoms with Crippen molar-refractivity contribution in [1.82, 2.24) is 10.2 Å². The van der Waals surface area contributed by atoms with Crippen LogP contribution in [0.4, 0.5) is 0 Å². The van der Waals surface area contributed by atoms with E-state index in [-0.39, 0.29) is 24.0 Å². The SMILES string of the molecule is CC1CN(Cc2ccccc2CNC(=O)C2CC2c2ccc(Br)cc2)CC(C)O1. The van der Waals surface area contributed by atoms with Gasteiger partial charge in [-0.1, -0.05) is 52.3 Å². The Labute approximate surface area is 181 Å². The number of rotatable bonds is 6. The van der Waals surface area contributed by atoms with E-state index >= 15 is 0 Å². The summed E-state index contributed by atoms with van der Waals surface area (Å²) in [4.78, 5) is 15.1. The second-order valence-corrected chi connectivity index (χ2v) is 9.35. The van der Waals surface area contributed by atoms with Gasteiger partial charge in [-0.25, -0.2) is 0 Å². The van der Waals surface area contributed by atoms with E-state index in [0.717, 1.165) is 30.5 Å². The van der Waals surface area contributed by atoms with Gasteiger partial charge in [-0.05, 0) is 55.0 Å². The summed E-state index contributed by atoms with van der Waals surface area (Å²) in [7, 11) is 0. The van der Waals surface area contributed by atoms with E-state index in [4.69, 9.17) is 4.74 Å². The molecule has 29 heavy (non-hydrogen) atoms. The molecule has 1 saturated heterocycles. The Hall–Kier alpha value is -1.69. The van der Waals surface area contributed by atoms with Crippen molar-refractivity contribution >= 4 is 21.8 Å². The van der Waals surface area contributed by atoms with E-state index in [1.54, 1.807) is 0 Å². The van der Waals surface area contributed by atoms with Gasteiger partial charge in [0.25, 0.3) is 0 Å². The van der Waals surface area contributed by atoms with Gasteiger partial charge >= 0.3 is 0 Å². The summed E-state index contributed by atoms with van der Waals surface area (Å²) < 4.78 is 6.92. The molecule has 2 aliphatic rings. The Morgan fingerprint density at radius 3 is 2.41 bits per heavy atom. The van der Waals surface area contributed by atoms with Crippen LogP contribution in [0.1, 0.15) is 42.9 Å². The minimum Gasteiger partial charge on any atom is -0.373 e. The second-order valence-electron chi connectivity index (χ2n) is 8.44. The first-order valence-corrected chi connectivity index (χ1v) is 11.3. The van der Waals surface area contributed by atoms with Crippen LogP contribution in [0, 0.1) is 5.92 Å². The zero-order valence-corrected chi connectivity index (χ0v) is 18.7. The number of amides is 1. The van der Waals surface area contributed by atoms with Crippen molar-refractivity contribution in [3.63, 3.8) is 0 Å². The number of hydrogen-bond donors (Lipinski definition) is 1. The molecule has 1 aliphatic carbocycles. The van der Waals surface area contributed by atoms with Crippen molar-refractivity contribution in [3.05, 3.63) is 69.7 Å². The average Bonchev–Trinajstić information content (AvgIpc) is 3.48. The van der Waals surface area contributed by atoms with E-state index in [0.29, 0.717) is 12.5 Å². The number of halogens is 1. The normalized spacial score (nSPS) is 26.9. The van der Waals surface area contributed by atoms with E-state index < -0.39 is 0 Å². The molecule has 1 amide bonds. The van der Waals surface area contributed by atoms with Gasteiger partial charge < -0.3 is 10.1 Å². The van der Waals surface area contributed by atoms with Crippen LogP contribution in [0.3, 0.4) is 0 Å². The van der Waals surface area contributed by atoms with Gasteiger partial charge in [-0.2, -0.15) is 0 Å². The highest BCUT2D eigenvalue weighted by atomic mass is 79.9. The highest BCUT2D eigenvalue weighted by molar-refractivity contribution is 9.10. The number of ether oxygens (including phenoxy) is 1. The topological polar surface area (TPSA) is 41.6 Å². The molecule has 1 aliphatic heterocycles. The van der Waals surface area contributed by atoms with E-state index in [2.05, 4.69) is 76.4 Å². The lowest BCUT2D eigenvalue weighted by Crippen LogP contribution is -2.45. The first-order valence-electron chi connectivity index (χ1n) is 10.5. The molecule has 1 N–H and O–H groups in total. The molecule has 2 aromatic carbocycles. The highest BCUT2D eigenvalue weighted by Crippen LogP contribution is 2.47. The molecule has 0 bridgehead atoms. The van der Waals surface area contributed by atoms with Gasteiger partial charge in [0, 0.05) is 36.6 Å². The van der Waals surface area contributed by atoms with Crippen LogP contribution < -0.4 is 5.32 Å². The number of benzene rings is 2. The fourth-order valence-electron chi connectivity index (χ4n) is 4.42. The number of morpholine rings is 1. The van der Waals surface area contributed by atoms with E-state index in [9.17, 15) is 4.79 Å². The van der Waals surface area contributed by atoms with Crippen molar-refractivity contribution in [2.75, 3.05) is 13.1 Å². The summed E-state index contributed by atoms with van der Waals surface area (Å²) in [6.45, 7) is 7.64. The van der Waals surface area contributed by atoms with Crippen molar-refractivity contribution in [3.8, 4) is 0 Å². The second kappa shape index (κ2) is 8.99. The quantitative estimate of drug-likeness (QED) is 0.696. The van der Waals surface area contributed by atoms with Gasteiger partial charge in [-0.15, -0.1) is 0 Å². The number of carbonyl (C=O) groups excluding carboxylic acids is 1. The number of hydrogen-bond acceptors (Lipinski definition) is 3. The zero-order chi connectivity index (χ0) is 20.4. The lowest BCUT2D eigenvalue weighted by molar-refractivity contribution is -0.122. The molecule has 4 nitrogen and oxygen atoms in total. The Morgan fingerprint density at radius 1 is 1.07 bits per heavy atom. The molecular formula is C24H29BrN2O2. The summed E-state index contributed by atoms with van der Waals surface area (Å²) >= 11 is 3.47. The third-order valence-electron chi connectivity index (χ3n) is 5.89. The van der Waals surface area contributed by atoms with Crippen LogP contribution in [0.25, 0.3) is 0 Å². The predicted octanol–water partition coefficient (Wildman–Crippen LogP) is 4.48. The van der Waals surface area contributed by atoms with Crippen LogP contribution in [-0.2, 0) is 22.6 Å². The van der Waals surface area contributed by atoms with Crippen molar-refractivity contribution in [2.24, 2.45) is 5.92 Å². The lowest BCUT2D eigenvalue weighted by Gasteiger charge is -2.35. The monoisotopic (exact) mass is 456 g/mol. The molecule has 0 aromatic heterocycles. The van der Waals surface area contributed by atoms with Crippen LogP contribution in [0.5, 0.6) is 0 Å². The third-order valence-corrected chi connectivity index (χ3v) is 6.41. The molecule has 4 atom stereocenters. The smallest absolute Gasteiger partial charge is 0.224 e. The molecule has 1 saturated carbocycles. The van der Waals surface area contributed by atoms with Gasteiger partial charge in [0.15, 0.2) is 0 Å². The van der Waals surface area contributed by atoms with Crippen LogP contribution in [-0.4, -0.2) is 36.1 Å². The van der Waals surface area contributed by atoms with Gasteiger partial charge in [-0.3, -0.25) is 9.69 Å². The molecule has 4 rings (SSSR count). The van der Waals surface area contributed by atoms with Gasteiger partial charge in [0.1, 0.15) is 0 Å². The standard InChI is InChI=1S/C24H29BrN2O2/c1-16-13-27(14-17(2)29-16)15-20-6-4-3-5-19(20)12-26-24(28)23-11-22(23)18-7-9-21(25)10-8-18/h3-10,16-17,22-23H,11-15H2,1-2H3,(H,26,28). The number of carbonyl (C=O) groups is 1. The zero-order valence-electron chi connectivity index (χ0n) is 17.1. The third kappa shape index (κ3) is 5.27. The molecule has 4 unspecified atom stereocenters. The molecule has 0 spiro atoms. The maximum absolute atomic E-state index is 12.7. The molecule has 2 fully saturated rings. The molecular weight excluding hydrogens is 428 g/mol. The van der Waals surface area contributed by atoms with Crippen LogP contribution in [0.15, 0.2) is 53.0 Å². The Bertz CT molecular complexity index is 844. The van der Waals surface area contributed by atoms with Crippen molar-refractivity contribution in [1.29, 1.82) is 0 Å².